The number of aryl methyl sites for hydroxylation is 1. The average molecular weight is 315 g/mol. The minimum atomic E-state index is -0.524. The fourth-order valence-electron chi connectivity index (χ4n) is 1.76. The van der Waals surface area contributed by atoms with E-state index in [2.05, 4.69) is 29.3 Å². The highest BCUT2D eigenvalue weighted by atomic mass is 32.2. The van der Waals surface area contributed by atoms with Gasteiger partial charge in [-0.1, -0.05) is 29.5 Å². The zero-order chi connectivity index (χ0) is 15.9. The summed E-state index contributed by atoms with van der Waals surface area (Å²) in [6.45, 7) is 2.58. The van der Waals surface area contributed by atoms with E-state index in [-0.39, 0.29) is 17.0 Å². The number of benzene rings is 2. The SMILES string of the molecule is Cc1ccc(SCCN=Cc2cc([N+](=O)[O-])ccc2[O-])cc1. The highest BCUT2D eigenvalue weighted by Gasteiger charge is 2.05. The van der Waals surface area contributed by atoms with Gasteiger partial charge in [-0.25, -0.2) is 0 Å². The molecule has 5 nitrogen and oxygen atoms in total. The van der Waals surface area contributed by atoms with Crippen LogP contribution in [-0.2, 0) is 0 Å². The Morgan fingerprint density at radius 1 is 1.23 bits per heavy atom. The molecule has 0 unspecified atom stereocenters. The number of thioether (sulfide) groups is 1. The predicted molar refractivity (Wildman–Crippen MR) is 86.9 cm³/mol. The molecule has 0 saturated heterocycles. The molecule has 0 N–H and O–H groups in total. The molecule has 0 amide bonds. The maximum atomic E-state index is 11.6. The van der Waals surface area contributed by atoms with Gasteiger partial charge in [-0.2, -0.15) is 0 Å². The summed E-state index contributed by atoms with van der Waals surface area (Å²) in [6, 6.07) is 11.9. The van der Waals surface area contributed by atoms with Crippen molar-refractivity contribution in [3.8, 4) is 5.75 Å². The Morgan fingerprint density at radius 3 is 2.64 bits per heavy atom. The van der Waals surface area contributed by atoms with Gasteiger partial charge < -0.3 is 5.11 Å². The molecular formula is C16H15N2O3S-. The first kappa shape index (κ1) is 16.0. The first-order valence-electron chi connectivity index (χ1n) is 6.71. The Balaban J connectivity index is 1.88. The van der Waals surface area contributed by atoms with Gasteiger partial charge in [0, 0.05) is 35.5 Å². The topological polar surface area (TPSA) is 78.6 Å². The second-order valence-corrected chi connectivity index (χ2v) is 5.84. The van der Waals surface area contributed by atoms with E-state index in [0.717, 1.165) is 5.75 Å². The molecule has 0 heterocycles. The first-order chi connectivity index (χ1) is 10.6. The van der Waals surface area contributed by atoms with Crippen LogP contribution in [-0.4, -0.2) is 23.4 Å². The van der Waals surface area contributed by atoms with E-state index in [1.54, 1.807) is 11.8 Å². The van der Waals surface area contributed by atoms with E-state index in [9.17, 15) is 15.2 Å². The van der Waals surface area contributed by atoms with Gasteiger partial charge in [0.15, 0.2) is 0 Å². The lowest BCUT2D eigenvalue weighted by atomic mass is 10.2. The number of aliphatic imine (C=N–C) groups is 1. The van der Waals surface area contributed by atoms with Crippen LogP contribution < -0.4 is 5.11 Å². The fourth-order valence-corrected chi connectivity index (χ4v) is 2.52. The van der Waals surface area contributed by atoms with Crippen LogP contribution in [0.5, 0.6) is 5.75 Å². The summed E-state index contributed by atoms with van der Waals surface area (Å²) in [5.41, 5.74) is 1.36. The summed E-state index contributed by atoms with van der Waals surface area (Å²) in [4.78, 5) is 15.5. The maximum absolute atomic E-state index is 11.6. The van der Waals surface area contributed by atoms with Crippen molar-refractivity contribution in [1.29, 1.82) is 0 Å². The minimum Gasteiger partial charge on any atom is -0.872 e. The number of hydrogen-bond donors (Lipinski definition) is 0. The highest BCUT2D eigenvalue weighted by Crippen LogP contribution is 2.20. The number of nitro groups is 1. The smallest absolute Gasteiger partial charge is 0.270 e. The minimum absolute atomic E-state index is 0.102. The van der Waals surface area contributed by atoms with E-state index in [1.807, 2.05) is 6.92 Å². The Morgan fingerprint density at radius 2 is 1.95 bits per heavy atom. The van der Waals surface area contributed by atoms with Crippen LogP contribution >= 0.6 is 11.8 Å². The van der Waals surface area contributed by atoms with Gasteiger partial charge >= 0.3 is 0 Å². The van der Waals surface area contributed by atoms with Crippen LogP contribution in [0.1, 0.15) is 11.1 Å². The summed E-state index contributed by atoms with van der Waals surface area (Å²) >= 11 is 1.68. The lowest BCUT2D eigenvalue weighted by Crippen LogP contribution is -1.98. The normalized spacial score (nSPS) is 11.0. The maximum Gasteiger partial charge on any atom is 0.270 e. The molecule has 6 heteroatoms. The molecule has 0 saturated carbocycles. The van der Waals surface area contributed by atoms with Crippen LogP contribution in [0, 0.1) is 17.0 Å². The Kier molecular flexibility index (Phi) is 5.55. The molecule has 0 aliphatic heterocycles. The van der Waals surface area contributed by atoms with Crippen LogP contribution in [0.15, 0.2) is 52.4 Å². The van der Waals surface area contributed by atoms with Crippen molar-refractivity contribution in [1.82, 2.24) is 0 Å². The highest BCUT2D eigenvalue weighted by molar-refractivity contribution is 7.99. The quantitative estimate of drug-likeness (QED) is 0.270. The summed E-state index contributed by atoms with van der Waals surface area (Å²) in [6.07, 6.45) is 1.41. The van der Waals surface area contributed by atoms with E-state index in [4.69, 9.17) is 0 Å². The summed E-state index contributed by atoms with van der Waals surface area (Å²) in [5, 5.41) is 22.3. The largest absolute Gasteiger partial charge is 0.872 e. The molecule has 0 fully saturated rings. The molecule has 22 heavy (non-hydrogen) atoms. The molecule has 2 rings (SSSR count). The van der Waals surface area contributed by atoms with Gasteiger partial charge in [0.05, 0.1) is 4.92 Å². The van der Waals surface area contributed by atoms with E-state index < -0.39 is 4.92 Å². The lowest BCUT2D eigenvalue weighted by molar-refractivity contribution is -0.385. The van der Waals surface area contributed by atoms with Crippen molar-refractivity contribution in [2.24, 2.45) is 4.99 Å². The van der Waals surface area contributed by atoms with E-state index in [0.29, 0.717) is 6.54 Å². The summed E-state index contributed by atoms with van der Waals surface area (Å²) in [5.74, 6) is 0.517. The van der Waals surface area contributed by atoms with Crippen LogP contribution in [0.3, 0.4) is 0 Å². The van der Waals surface area contributed by atoms with Gasteiger partial charge in [-0.05, 0) is 24.6 Å². The molecule has 114 valence electrons. The second kappa shape index (κ2) is 7.61. The molecule has 0 aromatic heterocycles. The van der Waals surface area contributed by atoms with Crippen molar-refractivity contribution < 1.29 is 10.0 Å². The third-order valence-corrected chi connectivity index (χ3v) is 3.94. The van der Waals surface area contributed by atoms with Crippen LogP contribution in [0.2, 0.25) is 0 Å². The number of hydrogen-bond acceptors (Lipinski definition) is 5. The third kappa shape index (κ3) is 4.60. The van der Waals surface area contributed by atoms with Gasteiger partial charge in [-0.3, -0.25) is 15.1 Å². The standard InChI is InChI=1S/C16H16N2O3S/c1-12-2-5-15(6-3-12)22-9-8-17-11-13-10-14(18(20)21)4-7-16(13)19/h2-7,10-11,19H,8-9H2,1H3/p-1. The number of rotatable bonds is 6. The summed E-state index contributed by atoms with van der Waals surface area (Å²) in [7, 11) is 0. The van der Waals surface area contributed by atoms with Crippen molar-refractivity contribution >= 4 is 23.7 Å². The monoisotopic (exact) mass is 315 g/mol. The van der Waals surface area contributed by atoms with Crippen molar-refractivity contribution in [3.63, 3.8) is 0 Å². The molecule has 2 aromatic carbocycles. The zero-order valence-electron chi connectivity index (χ0n) is 12.1. The van der Waals surface area contributed by atoms with Crippen LogP contribution in [0.25, 0.3) is 0 Å². The number of non-ortho nitro benzene ring substituents is 1. The summed E-state index contributed by atoms with van der Waals surface area (Å²) < 4.78 is 0. The molecule has 2 aromatic rings. The Bertz CT molecular complexity index is 684. The first-order valence-corrected chi connectivity index (χ1v) is 7.69. The fraction of sp³-hybridized carbons (Fsp3) is 0.188. The molecule has 0 aliphatic rings. The lowest BCUT2D eigenvalue weighted by Gasteiger charge is -2.08. The van der Waals surface area contributed by atoms with E-state index >= 15 is 0 Å². The van der Waals surface area contributed by atoms with Gasteiger partial charge in [0.1, 0.15) is 0 Å². The predicted octanol–water partition coefficient (Wildman–Crippen LogP) is 3.19. The molecule has 0 radical (unpaired) electrons. The van der Waals surface area contributed by atoms with Gasteiger partial charge in [-0.15, -0.1) is 11.8 Å². The van der Waals surface area contributed by atoms with E-state index in [1.165, 1.54) is 34.9 Å². The Hall–Kier alpha value is -2.34. The molecule has 0 spiro atoms. The Labute approximate surface area is 132 Å². The van der Waals surface area contributed by atoms with Crippen LogP contribution in [0.4, 0.5) is 5.69 Å². The molecule has 0 bridgehead atoms. The molecule has 0 aliphatic carbocycles. The number of nitro benzene ring substituents is 1. The van der Waals surface area contributed by atoms with Gasteiger partial charge in [0.25, 0.3) is 5.69 Å². The van der Waals surface area contributed by atoms with Crippen molar-refractivity contribution in [2.75, 3.05) is 12.3 Å². The second-order valence-electron chi connectivity index (χ2n) is 4.68. The van der Waals surface area contributed by atoms with Crippen molar-refractivity contribution in [2.45, 2.75) is 11.8 Å². The molecular weight excluding hydrogens is 300 g/mol. The molecule has 0 atom stereocenters. The average Bonchev–Trinajstić information content (AvgIpc) is 2.50. The zero-order valence-corrected chi connectivity index (χ0v) is 12.9. The third-order valence-electron chi connectivity index (χ3n) is 2.94. The van der Waals surface area contributed by atoms with Crippen molar-refractivity contribution in [3.05, 3.63) is 63.7 Å². The number of nitrogens with zero attached hydrogens (tertiary/aromatic N) is 2. The van der Waals surface area contributed by atoms with Gasteiger partial charge in [0.2, 0.25) is 0 Å².